The van der Waals surface area contributed by atoms with Gasteiger partial charge in [-0.05, 0) is 36.4 Å². The zero-order valence-corrected chi connectivity index (χ0v) is 17.6. The van der Waals surface area contributed by atoms with E-state index in [1.165, 1.54) is 36.4 Å². The molecule has 0 radical (unpaired) electrons. The average molecular weight is 455 g/mol. The lowest BCUT2D eigenvalue weighted by atomic mass is 10.1. The Kier molecular flexibility index (Phi) is 5.91. The third-order valence-electron chi connectivity index (χ3n) is 5.05. The number of alkyl halides is 2. The highest BCUT2D eigenvalue weighted by Crippen LogP contribution is 2.33. The van der Waals surface area contributed by atoms with Crippen molar-refractivity contribution in [1.82, 2.24) is 9.78 Å². The van der Waals surface area contributed by atoms with Gasteiger partial charge < -0.3 is 20.4 Å². The molecule has 7 nitrogen and oxygen atoms in total. The fourth-order valence-electron chi connectivity index (χ4n) is 3.43. The van der Waals surface area contributed by atoms with Gasteiger partial charge in [-0.3, -0.25) is 4.79 Å². The summed E-state index contributed by atoms with van der Waals surface area (Å²) in [6.45, 7) is -0.939. The standard InChI is InChI=1S/C23H20F3N5O2/c1-33-20-12-31(19-8-7-16(11-17(19)24)30-13-23(25,26)14-30)29-21(22(20)32)18(9-10-27)28-15-5-3-2-4-6-15/h2-12,27-28H,13-14H2,1H3/b18-9-,27-10?. The van der Waals surface area contributed by atoms with Crippen LogP contribution in [0.4, 0.5) is 24.5 Å². The van der Waals surface area contributed by atoms with Crippen LogP contribution in [0.25, 0.3) is 11.4 Å². The van der Waals surface area contributed by atoms with Gasteiger partial charge in [0, 0.05) is 17.6 Å². The minimum atomic E-state index is -2.78. The summed E-state index contributed by atoms with van der Waals surface area (Å²) in [5, 5.41) is 14.8. The predicted octanol–water partition coefficient (Wildman–Crippen LogP) is 3.94. The second kappa shape index (κ2) is 8.81. The van der Waals surface area contributed by atoms with E-state index in [1.54, 1.807) is 24.3 Å². The molecule has 1 saturated heterocycles. The first-order valence-corrected chi connectivity index (χ1v) is 9.95. The van der Waals surface area contributed by atoms with Crippen LogP contribution in [-0.2, 0) is 0 Å². The van der Waals surface area contributed by atoms with Crippen molar-refractivity contribution < 1.29 is 17.9 Å². The van der Waals surface area contributed by atoms with E-state index in [1.807, 2.05) is 6.07 Å². The second-order valence-corrected chi connectivity index (χ2v) is 7.41. The van der Waals surface area contributed by atoms with Crippen molar-refractivity contribution in [3.05, 3.63) is 82.5 Å². The number of allylic oxidation sites excluding steroid dienone is 1. The van der Waals surface area contributed by atoms with Gasteiger partial charge in [0.25, 0.3) is 11.4 Å². The monoisotopic (exact) mass is 455 g/mol. The Morgan fingerprint density at radius 2 is 1.94 bits per heavy atom. The number of anilines is 2. The molecule has 33 heavy (non-hydrogen) atoms. The van der Waals surface area contributed by atoms with Crippen LogP contribution in [-0.4, -0.2) is 42.1 Å². The third kappa shape index (κ3) is 4.59. The van der Waals surface area contributed by atoms with E-state index in [-0.39, 0.29) is 22.8 Å². The molecule has 1 aliphatic heterocycles. The molecule has 4 rings (SSSR count). The van der Waals surface area contributed by atoms with E-state index in [0.717, 1.165) is 17.0 Å². The Labute approximate surface area is 187 Å². The summed E-state index contributed by atoms with van der Waals surface area (Å²) >= 11 is 0. The minimum Gasteiger partial charge on any atom is -0.491 e. The van der Waals surface area contributed by atoms with Gasteiger partial charge in [0.15, 0.2) is 17.3 Å². The summed E-state index contributed by atoms with van der Waals surface area (Å²) in [6, 6.07) is 13.0. The summed E-state index contributed by atoms with van der Waals surface area (Å²) in [5.74, 6) is -3.57. The molecule has 2 aromatic carbocycles. The average Bonchev–Trinajstić information content (AvgIpc) is 2.78. The van der Waals surface area contributed by atoms with Crippen molar-refractivity contribution >= 4 is 23.3 Å². The number of hydrogen-bond acceptors (Lipinski definition) is 6. The van der Waals surface area contributed by atoms with Crippen molar-refractivity contribution in [2.75, 3.05) is 30.4 Å². The molecule has 0 amide bonds. The van der Waals surface area contributed by atoms with Crippen LogP contribution in [0.1, 0.15) is 5.69 Å². The lowest BCUT2D eigenvalue weighted by molar-refractivity contribution is -0.0262. The molecular weight excluding hydrogens is 435 g/mol. The highest BCUT2D eigenvalue weighted by atomic mass is 19.3. The zero-order chi connectivity index (χ0) is 23.6. The van der Waals surface area contributed by atoms with Crippen LogP contribution in [0.2, 0.25) is 0 Å². The van der Waals surface area contributed by atoms with Gasteiger partial charge in [-0.2, -0.15) is 5.10 Å². The van der Waals surface area contributed by atoms with Gasteiger partial charge >= 0.3 is 0 Å². The lowest BCUT2D eigenvalue weighted by Gasteiger charge is -2.40. The van der Waals surface area contributed by atoms with Gasteiger partial charge in [0.2, 0.25) is 0 Å². The molecule has 10 heteroatoms. The number of nitrogens with zero attached hydrogens (tertiary/aromatic N) is 3. The van der Waals surface area contributed by atoms with E-state index >= 15 is 0 Å². The summed E-state index contributed by atoms with van der Waals surface area (Å²) < 4.78 is 47.6. The van der Waals surface area contributed by atoms with E-state index < -0.39 is 30.3 Å². The van der Waals surface area contributed by atoms with Crippen molar-refractivity contribution in [3.8, 4) is 11.4 Å². The van der Waals surface area contributed by atoms with E-state index in [4.69, 9.17) is 10.1 Å². The number of halogens is 3. The smallest absolute Gasteiger partial charge is 0.282 e. The maximum atomic E-state index is 15.0. The molecule has 0 saturated carbocycles. The van der Waals surface area contributed by atoms with Gasteiger partial charge in [-0.1, -0.05) is 18.2 Å². The molecule has 0 unspecified atom stereocenters. The number of benzene rings is 2. The number of nitrogens with one attached hydrogen (secondary N) is 2. The molecule has 1 aliphatic rings. The number of methoxy groups -OCH3 is 1. The topological polar surface area (TPSA) is 83.2 Å². The number of aromatic nitrogens is 2. The molecule has 2 N–H and O–H groups in total. The lowest BCUT2D eigenvalue weighted by Crippen LogP contribution is -2.56. The van der Waals surface area contributed by atoms with Crippen LogP contribution in [0.5, 0.6) is 5.75 Å². The van der Waals surface area contributed by atoms with Gasteiger partial charge in [0.05, 0.1) is 32.1 Å². The van der Waals surface area contributed by atoms with Crippen molar-refractivity contribution in [3.63, 3.8) is 0 Å². The van der Waals surface area contributed by atoms with Gasteiger partial charge in [0.1, 0.15) is 5.69 Å². The van der Waals surface area contributed by atoms with E-state index in [2.05, 4.69) is 10.4 Å². The minimum absolute atomic E-state index is 0.000465. The van der Waals surface area contributed by atoms with Crippen molar-refractivity contribution in [2.24, 2.45) is 0 Å². The summed E-state index contributed by atoms with van der Waals surface area (Å²) in [6.07, 6.45) is 3.59. The predicted molar refractivity (Wildman–Crippen MR) is 120 cm³/mol. The van der Waals surface area contributed by atoms with E-state index in [9.17, 15) is 18.0 Å². The molecule has 170 valence electrons. The normalized spacial score (nSPS) is 15.0. The molecule has 3 aromatic rings. The van der Waals surface area contributed by atoms with Crippen LogP contribution in [0.15, 0.2) is 65.6 Å². The number of ether oxygens (including phenoxy) is 1. The molecule has 0 bridgehead atoms. The first-order chi connectivity index (χ1) is 15.8. The largest absolute Gasteiger partial charge is 0.491 e. The van der Waals surface area contributed by atoms with Crippen LogP contribution >= 0.6 is 0 Å². The molecule has 1 aromatic heterocycles. The Morgan fingerprint density at radius 1 is 1.21 bits per heavy atom. The Morgan fingerprint density at radius 3 is 2.55 bits per heavy atom. The number of para-hydroxylation sites is 1. The zero-order valence-electron chi connectivity index (χ0n) is 17.6. The summed E-state index contributed by atoms with van der Waals surface area (Å²) in [7, 11) is 1.30. The SMILES string of the molecule is COc1cn(-c2ccc(N3CC(F)(F)C3)cc2F)nc(/C(=C/C=N)Nc2ccccc2)c1=O. The Bertz CT molecular complexity index is 1270. The van der Waals surface area contributed by atoms with E-state index in [0.29, 0.717) is 11.4 Å². The van der Waals surface area contributed by atoms with Gasteiger partial charge in [-0.15, -0.1) is 0 Å². The first kappa shape index (κ1) is 22.1. The fourth-order valence-corrected chi connectivity index (χ4v) is 3.43. The quantitative estimate of drug-likeness (QED) is 0.528. The number of hydrogen-bond donors (Lipinski definition) is 2. The Hall–Kier alpha value is -4.08. The fraction of sp³-hybridized carbons (Fsp3) is 0.174. The van der Waals surface area contributed by atoms with Crippen molar-refractivity contribution in [2.45, 2.75) is 5.92 Å². The first-order valence-electron chi connectivity index (χ1n) is 9.95. The maximum Gasteiger partial charge on any atom is 0.282 e. The number of rotatable bonds is 7. The molecular formula is C23H20F3N5O2. The highest BCUT2D eigenvalue weighted by Gasteiger charge is 2.44. The van der Waals surface area contributed by atoms with Crippen LogP contribution < -0.4 is 20.4 Å². The van der Waals surface area contributed by atoms with Crippen LogP contribution in [0.3, 0.4) is 0 Å². The molecule has 2 heterocycles. The second-order valence-electron chi connectivity index (χ2n) is 7.41. The molecule has 0 atom stereocenters. The molecule has 0 aliphatic carbocycles. The van der Waals surface area contributed by atoms with Gasteiger partial charge in [-0.25, -0.2) is 17.9 Å². The van der Waals surface area contributed by atoms with Crippen LogP contribution in [0, 0.1) is 11.2 Å². The van der Waals surface area contributed by atoms with Crippen molar-refractivity contribution in [1.29, 1.82) is 5.41 Å². The molecule has 1 fully saturated rings. The summed E-state index contributed by atoms with van der Waals surface area (Å²) in [5.41, 5.74) is 0.555. The third-order valence-corrected chi connectivity index (χ3v) is 5.05. The Balaban J connectivity index is 1.74. The highest BCUT2D eigenvalue weighted by molar-refractivity contribution is 5.87. The summed E-state index contributed by atoms with van der Waals surface area (Å²) in [4.78, 5) is 14.3. The molecule has 0 spiro atoms. The maximum absolute atomic E-state index is 15.0.